The van der Waals surface area contributed by atoms with Gasteiger partial charge in [-0.2, -0.15) is 0 Å². The summed E-state index contributed by atoms with van der Waals surface area (Å²) in [5.41, 5.74) is 5.42. The second kappa shape index (κ2) is 6.80. The number of hydrogen-bond acceptors (Lipinski definition) is 2. The van der Waals surface area contributed by atoms with Crippen molar-refractivity contribution in [2.45, 2.75) is 38.6 Å². The number of carbonyl (C=O) groups is 1. The van der Waals surface area contributed by atoms with E-state index in [0.717, 1.165) is 23.9 Å². The lowest BCUT2D eigenvalue weighted by atomic mass is 10.1. The van der Waals surface area contributed by atoms with Crippen LogP contribution >= 0.6 is 0 Å². The summed E-state index contributed by atoms with van der Waals surface area (Å²) in [6.07, 6.45) is 3.72. The smallest absolute Gasteiger partial charge is 0.320 e. The van der Waals surface area contributed by atoms with Crippen LogP contribution in [0.25, 0.3) is 0 Å². The van der Waals surface area contributed by atoms with Crippen molar-refractivity contribution in [2.24, 2.45) is 5.73 Å². The zero-order valence-corrected chi connectivity index (χ0v) is 10.2. The van der Waals surface area contributed by atoms with Gasteiger partial charge in [0.25, 0.3) is 0 Å². The Balaban J connectivity index is 3.58. The highest BCUT2D eigenvalue weighted by molar-refractivity contribution is 5.72. The Morgan fingerprint density at radius 3 is 2.40 bits per heavy atom. The minimum Gasteiger partial charge on any atom is -0.480 e. The fourth-order valence-electron chi connectivity index (χ4n) is 1.74. The molecule has 0 aliphatic rings. The van der Waals surface area contributed by atoms with Crippen LogP contribution in [0.15, 0.2) is 0 Å². The highest BCUT2D eigenvalue weighted by atomic mass is 16.4. The molecule has 0 heterocycles. The van der Waals surface area contributed by atoms with Gasteiger partial charge >= 0.3 is 5.97 Å². The first-order valence-corrected chi connectivity index (χ1v) is 5.69. The predicted molar refractivity (Wildman–Crippen MR) is 61.6 cm³/mol. The lowest BCUT2D eigenvalue weighted by Crippen LogP contribution is -2.41. The van der Waals surface area contributed by atoms with Crippen LogP contribution in [0.1, 0.15) is 32.6 Å². The maximum absolute atomic E-state index is 10.5. The number of carboxylic acids is 1. The third-order valence-corrected chi connectivity index (χ3v) is 2.67. The molecule has 0 saturated heterocycles. The number of quaternary nitrogens is 1. The van der Waals surface area contributed by atoms with E-state index in [1.54, 1.807) is 0 Å². The van der Waals surface area contributed by atoms with E-state index in [1.165, 1.54) is 13.0 Å². The lowest BCUT2D eigenvalue weighted by molar-refractivity contribution is -0.890. The molecule has 3 N–H and O–H groups in total. The monoisotopic (exact) mass is 217 g/mol. The fraction of sp³-hybridized carbons (Fsp3) is 0.909. The van der Waals surface area contributed by atoms with Crippen LogP contribution in [-0.4, -0.2) is 48.8 Å². The first kappa shape index (κ1) is 14.4. The van der Waals surface area contributed by atoms with Gasteiger partial charge in [-0.15, -0.1) is 0 Å². The van der Waals surface area contributed by atoms with E-state index in [1.807, 2.05) is 0 Å². The minimum atomic E-state index is -0.891. The maximum atomic E-state index is 10.5. The van der Waals surface area contributed by atoms with Crippen LogP contribution in [-0.2, 0) is 4.79 Å². The van der Waals surface area contributed by atoms with Crippen LogP contribution in [0, 0.1) is 0 Å². The third kappa shape index (κ3) is 7.33. The molecule has 0 amide bonds. The summed E-state index contributed by atoms with van der Waals surface area (Å²) in [5.74, 6) is -0.891. The fourth-order valence-corrected chi connectivity index (χ4v) is 1.74. The summed E-state index contributed by atoms with van der Waals surface area (Å²) >= 11 is 0. The van der Waals surface area contributed by atoms with Gasteiger partial charge < -0.3 is 15.3 Å². The summed E-state index contributed by atoms with van der Waals surface area (Å²) < 4.78 is 1.01. The van der Waals surface area contributed by atoms with Crippen molar-refractivity contribution in [3.8, 4) is 0 Å². The summed E-state index contributed by atoms with van der Waals surface area (Å²) in [4.78, 5) is 10.5. The molecular weight excluding hydrogens is 192 g/mol. The predicted octanol–water partition coefficient (Wildman–Crippen LogP) is 1.06. The zero-order valence-electron chi connectivity index (χ0n) is 10.2. The molecular formula is C11H25N2O2+. The molecule has 0 saturated carbocycles. The third-order valence-electron chi connectivity index (χ3n) is 2.67. The Morgan fingerprint density at radius 1 is 1.33 bits per heavy atom. The molecule has 0 aliphatic carbocycles. The molecule has 0 aliphatic heterocycles. The van der Waals surface area contributed by atoms with Crippen molar-refractivity contribution < 1.29 is 14.4 Å². The molecule has 4 nitrogen and oxygen atoms in total. The Morgan fingerprint density at radius 2 is 1.93 bits per heavy atom. The van der Waals surface area contributed by atoms with Crippen LogP contribution in [0.5, 0.6) is 0 Å². The van der Waals surface area contributed by atoms with Gasteiger partial charge in [0.2, 0.25) is 0 Å². The van der Waals surface area contributed by atoms with Crippen molar-refractivity contribution in [3.05, 3.63) is 0 Å². The average Bonchev–Trinajstić information content (AvgIpc) is 2.11. The summed E-state index contributed by atoms with van der Waals surface area (Å²) in [7, 11) is 4.42. The van der Waals surface area contributed by atoms with Crippen molar-refractivity contribution >= 4 is 5.97 Å². The molecule has 1 atom stereocenters. The molecule has 0 radical (unpaired) electrons. The van der Waals surface area contributed by atoms with Crippen molar-refractivity contribution in [3.63, 3.8) is 0 Å². The van der Waals surface area contributed by atoms with E-state index in [0.29, 0.717) is 6.42 Å². The highest BCUT2D eigenvalue weighted by Gasteiger charge is 2.14. The molecule has 0 fully saturated rings. The number of aliphatic carboxylic acids is 1. The van der Waals surface area contributed by atoms with Crippen LogP contribution in [0.4, 0.5) is 0 Å². The minimum absolute atomic E-state index is 0.585. The quantitative estimate of drug-likeness (QED) is 0.472. The average molecular weight is 217 g/mol. The SMILES string of the molecule is CCC[N+](C)(C)CCCC[C@H](N)C(=O)O. The molecule has 0 aromatic carbocycles. The molecule has 0 rings (SSSR count). The first-order chi connectivity index (χ1) is 6.89. The van der Waals surface area contributed by atoms with Gasteiger partial charge in [-0.05, 0) is 25.7 Å². The largest absolute Gasteiger partial charge is 0.480 e. The van der Waals surface area contributed by atoms with E-state index in [9.17, 15) is 4.79 Å². The molecule has 0 aromatic rings. The Labute approximate surface area is 92.7 Å². The van der Waals surface area contributed by atoms with Crippen LogP contribution in [0.3, 0.4) is 0 Å². The van der Waals surface area contributed by atoms with Gasteiger partial charge in [-0.25, -0.2) is 0 Å². The molecule has 15 heavy (non-hydrogen) atoms. The van der Waals surface area contributed by atoms with Gasteiger partial charge in [-0.1, -0.05) is 6.92 Å². The number of unbranched alkanes of at least 4 members (excludes halogenated alkanes) is 1. The van der Waals surface area contributed by atoms with Crippen molar-refractivity contribution in [1.29, 1.82) is 0 Å². The molecule has 0 bridgehead atoms. The summed E-state index contributed by atoms with van der Waals surface area (Å²) in [6, 6.07) is -0.688. The molecule has 0 aromatic heterocycles. The van der Waals surface area contributed by atoms with Gasteiger partial charge in [0.15, 0.2) is 0 Å². The van der Waals surface area contributed by atoms with E-state index >= 15 is 0 Å². The van der Waals surface area contributed by atoms with E-state index in [2.05, 4.69) is 21.0 Å². The van der Waals surface area contributed by atoms with E-state index < -0.39 is 12.0 Å². The second-order valence-electron chi connectivity index (χ2n) is 4.82. The summed E-state index contributed by atoms with van der Waals surface area (Å²) in [5, 5.41) is 8.60. The number of nitrogens with zero attached hydrogens (tertiary/aromatic N) is 1. The number of carboxylic acid groups (broad SMARTS) is 1. The zero-order chi connectivity index (χ0) is 11.9. The number of nitrogens with two attached hydrogens (primary N) is 1. The maximum Gasteiger partial charge on any atom is 0.320 e. The molecule has 0 spiro atoms. The second-order valence-corrected chi connectivity index (χ2v) is 4.82. The highest BCUT2D eigenvalue weighted by Crippen LogP contribution is 2.06. The van der Waals surface area contributed by atoms with Crippen molar-refractivity contribution in [1.82, 2.24) is 0 Å². The van der Waals surface area contributed by atoms with Crippen molar-refractivity contribution in [2.75, 3.05) is 27.2 Å². The van der Waals surface area contributed by atoms with Crippen LogP contribution in [0.2, 0.25) is 0 Å². The standard InChI is InChI=1S/C11H24N2O2/c1-4-8-13(2,3)9-6-5-7-10(12)11(14)15/h10H,4-9,12H2,1-3H3/p+1/t10-/m0/s1. The Bertz CT molecular complexity index is 193. The van der Waals surface area contributed by atoms with Gasteiger partial charge in [0.05, 0.1) is 27.2 Å². The van der Waals surface area contributed by atoms with Crippen LogP contribution < -0.4 is 5.73 Å². The Kier molecular flexibility index (Phi) is 6.52. The lowest BCUT2D eigenvalue weighted by Gasteiger charge is -2.29. The normalized spacial score (nSPS) is 13.9. The molecule has 4 heteroatoms. The topological polar surface area (TPSA) is 63.3 Å². The number of hydrogen-bond donors (Lipinski definition) is 2. The van der Waals surface area contributed by atoms with Gasteiger partial charge in [0, 0.05) is 0 Å². The molecule has 0 unspecified atom stereocenters. The van der Waals surface area contributed by atoms with E-state index in [4.69, 9.17) is 10.8 Å². The van der Waals surface area contributed by atoms with Gasteiger partial charge in [0.1, 0.15) is 6.04 Å². The first-order valence-electron chi connectivity index (χ1n) is 5.69. The number of rotatable bonds is 8. The summed E-state index contributed by atoms with van der Waals surface area (Å²) in [6.45, 7) is 4.45. The molecule has 90 valence electrons. The Hall–Kier alpha value is -0.610. The van der Waals surface area contributed by atoms with E-state index in [-0.39, 0.29) is 0 Å². The van der Waals surface area contributed by atoms with Gasteiger partial charge in [-0.3, -0.25) is 4.79 Å².